The lowest BCUT2D eigenvalue weighted by Crippen LogP contribution is -2.20. The molecule has 0 aliphatic carbocycles. The summed E-state index contributed by atoms with van der Waals surface area (Å²) in [6.45, 7) is 15.2. The van der Waals surface area contributed by atoms with Gasteiger partial charge in [0.2, 0.25) is 0 Å². The third-order valence-corrected chi connectivity index (χ3v) is 4.53. The van der Waals surface area contributed by atoms with Crippen LogP contribution in [-0.2, 0) is 10.8 Å². The van der Waals surface area contributed by atoms with E-state index in [1.165, 1.54) is 11.1 Å². The minimum Gasteiger partial charge on any atom is -0.507 e. The van der Waals surface area contributed by atoms with E-state index in [1.807, 2.05) is 6.07 Å². The van der Waals surface area contributed by atoms with Crippen LogP contribution in [0.4, 0.5) is 0 Å². The standard InChI is InChI=1S/C22H30O/c1-15(16-11-9-8-10-12-16)17-13-14-18(21(2,3)4)20(23)19(17)22(5,6)7/h8-15,23H,1-7H3. The van der Waals surface area contributed by atoms with Crippen molar-refractivity contribution in [1.82, 2.24) is 0 Å². The highest BCUT2D eigenvalue weighted by Crippen LogP contribution is 2.44. The molecular formula is C22H30O. The number of phenolic OH excluding ortho intramolecular Hbond substituents is 1. The Morgan fingerprint density at radius 2 is 1.35 bits per heavy atom. The topological polar surface area (TPSA) is 20.2 Å². The molecule has 0 saturated heterocycles. The van der Waals surface area contributed by atoms with Gasteiger partial charge in [0.1, 0.15) is 5.75 Å². The molecule has 0 bridgehead atoms. The summed E-state index contributed by atoms with van der Waals surface area (Å²) in [4.78, 5) is 0. The van der Waals surface area contributed by atoms with Crippen molar-refractivity contribution in [3.05, 3.63) is 64.7 Å². The minimum atomic E-state index is -0.107. The van der Waals surface area contributed by atoms with Gasteiger partial charge in [0, 0.05) is 11.5 Å². The molecule has 1 nitrogen and oxygen atoms in total. The van der Waals surface area contributed by atoms with Gasteiger partial charge in [-0.05, 0) is 27.5 Å². The van der Waals surface area contributed by atoms with Crippen molar-refractivity contribution >= 4 is 0 Å². The first-order chi connectivity index (χ1) is 10.5. The zero-order chi connectivity index (χ0) is 17.4. The molecule has 1 heteroatoms. The Bertz CT molecular complexity index is 670. The fourth-order valence-electron chi connectivity index (χ4n) is 3.28. The molecule has 2 rings (SSSR count). The van der Waals surface area contributed by atoms with Crippen molar-refractivity contribution in [3.63, 3.8) is 0 Å². The highest BCUT2D eigenvalue weighted by atomic mass is 16.3. The van der Waals surface area contributed by atoms with Crippen molar-refractivity contribution in [2.75, 3.05) is 0 Å². The van der Waals surface area contributed by atoms with E-state index in [1.54, 1.807) is 0 Å². The van der Waals surface area contributed by atoms with E-state index < -0.39 is 0 Å². The molecule has 0 saturated carbocycles. The minimum absolute atomic E-state index is 0.0708. The summed E-state index contributed by atoms with van der Waals surface area (Å²) in [6.07, 6.45) is 0. The van der Waals surface area contributed by atoms with Crippen LogP contribution in [0.2, 0.25) is 0 Å². The average Bonchev–Trinajstić information content (AvgIpc) is 2.44. The molecule has 23 heavy (non-hydrogen) atoms. The second-order valence-corrected chi connectivity index (χ2v) is 8.56. The highest BCUT2D eigenvalue weighted by molar-refractivity contribution is 5.54. The summed E-state index contributed by atoms with van der Waals surface area (Å²) in [7, 11) is 0. The second kappa shape index (κ2) is 6.03. The zero-order valence-electron chi connectivity index (χ0n) is 15.6. The zero-order valence-corrected chi connectivity index (χ0v) is 15.6. The summed E-state index contributed by atoms with van der Waals surface area (Å²) < 4.78 is 0. The van der Waals surface area contributed by atoms with Crippen molar-refractivity contribution < 1.29 is 5.11 Å². The molecule has 124 valence electrons. The molecule has 2 aromatic carbocycles. The highest BCUT2D eigenvalue weighted by Gasteiger charge is 2.29. The van der Waals surface area contributed by atoms with E-state index in [-0.39, 0.29) is 16.7 Å². The van der Waals surface area contributed by atoms with Gasteiger partial charge < -0.3 is 5.11 Å². The number of aromatic hydroxyl groups is 1. The summed E-state index contributed by atoms with van der Waals surface area (Å²) >= 11 is 0. The van der Waals surface area contributed by atoms with Crippen LogP contribution < -0.4 is 0 Å². The van der Waals surface area contributed by atoms with Gasteiger partial charge in [-0.1, -0.05) is 90.9 Å². The maximum absolute atomic E-state index is 11.0. The third kappa shape index (κ3) is 3.60. The van der Waals surface area contributed by atoms with Crippen LogP contribution >= 0.6 is 0 Å². The van der Waals surface area contributed by atoms with Gasteiger partial charge in [-0.15, -0.1) is 0 Å². The van der Waals surface area contributed by atoms with Crippen LogP contribution in [0.25, 0.3) is 0 Å². The first kappa shape index (κ1) is 17.6. The quantitative estimate of drug-likeness (QED) is 0.706. The molecule has 2 aromatic rings. The Morgan fingerprint density at radius 3 is 1.83 bits per heavy atom. The Balaban J connectivity index is 2.68. The summed E-state index contributed by atoms with van der Waals surface area (Å²) in [5.74, 6) is 0.718. The Labute approximate surface area is 141 Å². The van der Waals surface area contributed by atoms with Gasteiger partial charge >= 0.3 is 0 Å². The molecule has 0 aliphatic rings. The van der Waals surface area contributed by atoms with Gasteiger partial charge in [0.05, 0.1) is 0 Å². The molecular weight excluding hydrogens is 280 g/mol. The molecule has 1 N–H and O–H groups in total. The molecule has 0 amide bonds. The van der Waals surface area contributed by atoms with Gasteiger partial charge in [-0.25, -0.2) is 0 Å². The van der Waals surface area contributed by atoms with Crippen molar-refractivity contribution in [2.45, 2.75) is 65.2 Å². The van der Waals surface area contributed by atoms with E-state index >= 15 is 0 Å². The molecule has 1 unspecified atom stereocenters. The fourth-order valence-corrected chi connectivity index (χ4v) is 3.28. The Hall–Kier alpha value is -1.76. The summed E-state index contributed by atoms with van der Waals surface area (Å²) in [5, 5.41) is 11.0. The number of benzene rings is 2. The van der Waals surface area contributed by atoms with Crippen LogP contribution in [0.3, 0.4) is 0 Å². The average molecular weight is 310 g/mol. The lowest BCUT2D eigenvalue weighted by molar-refractivity contribution is 0.420. The van der Waals surface area contributed by atoms with Crippen LogP contribution in [0.15, 0.2) is 42.5 Å². The Morgan fingerprint density at radius 1 is 0.783 bits per heavy atom. The normalized spacial score (nSPS) is 13.9. The first-order valence-corrected chi connectivity index (χ1v) is 8.45. The van der Waals surface area contributed by atoms with Crippen LogP contribution in [-0.4, -0.2) is 5.11 Å². The number of hydrogen-bond acceptors (Lipinski definition) is 1. The third-order valence-electron chi connectivity index (χ3n) is 4.53. The molecule has 0 aliphatic heterocycles. The molecule has 0 heterocycles. The van der Waals surface area contributed by atoms with Gasteiger partial charge in [0.15, 0.2) is 0 Å². The van der Waals surface area contributed by atoms with Crippen LogP contribution in [0.5, 0.6) is 5.75 Å². The van der Waals surface area contributed by atoms with Gasteiger partial charge in [-0.2, -0.15) is 0 Å². The molecule has 1 atom stereocenters. The molecule has 0 fully saturated rings. The van der Waals surface area contributed by atoms with Gasteiger partial charge in [0.25, 0.3) is 0 Å². The first-order valence-electron chi connectivity index (χ1n) is 8.45. The smallest absolute Gasteiger partial charge is 0.123 e. The van der Waals surface area contributed by atoms with E-state index in [0.717, 1.165) is 11.1 Å². The fraction of sp³-hybridized carbons (Fsp3) is 0.455. The number of rotatable bonds is 2. The van der Waals surface area contributed by atoms with Crippen LogP contribution in [0, 0.1) is 0 Å². The Kier molecular flexibility index (Phi) is 4.61. The monoisotopic (exact) mass is 310 g/mol. The van der Waals surface area contributed by atoms with E-state index in [0.29, 0.717) is 5.75 Å². The lowest BCUT2D eigenvalue weighted by atomic mass is 9.74. The predicted molar refractivity (Wildman–Crippen MR) is 99.5 cm³/mol. The second-order valence-electron chi connectivity index (χ2n) is 8.56. The van der Waals surface area contributed by atoms with Crippen LogP contribution in [0.1, 0.15) is 76.6 Å². The SMILES string of the molecule is CC(c1ccccc1)c1ccc(C(C)(C)C)c(O)c1C(C)(C)C. The summed E-state index contributed by atoms with van der Waals surface area (Å²) in [6, 6.07) is 14.8. The van der Waals surface area contributed by atoms with Gasteiger partial charge in [-0.3, -0.25) is 0 Å². The molecule has 0 aromatic heterocycles. The van der Waals surface area contributed by atoms with E-state index in [4.69, 9.17) is 0 Å². The van der Waals surface area contributed by atoms with E-state index in [9.17, 15) is 5.11 Å². The van der Waals surface area contributed by atoms with Crippen molar-refractivity contribution in [1.29, 1.82) is 0 Å². The molecule has 0 spiro atoms. The predicted octanol–water partition coefficient (Wildman–Crippen LogP) is 6.14. The van der Waals surface area contributed by atoms with Crippen molar-refractivity contribution in [2.24, 2.45) is 0 Å². The molecule has 0 radical (unpaired) electrons. The number of hydrogen-bond donors (Lipinski definition) is 1. The summed E-state index contributed by atoms with van der Waals surface area (Å²) in [5.41, 5.74) is 4.41. The largest absolute Gasteiger partial charge is 0.507 e. The maximum Gasteiger partial charge on any atom is 0.123 e. The van der Waals surface area contributed by atoms with E-state index in [2.05, 4.69) is 84.9 Å². The lowest BCUT2D eigenvalue weighted by Gasteiger charge is -2.31. The maximum atomic E-state index is 11.0. The van der Waals surface area contributed by atoms with Crippen molar-refractivity contribution in [3.8, 4) is 5.75 Å². The number of phenols is 1.